The summed E-state index contributed by atoms with van der Waals surface area (Å²) >= 11 is 0. The van der Waals surface area contributed by atoms with Gasteiger partial charge >= 0.3 is 0 Å². The van der Waals surface area contributed by atoms with Gasteiger partial charge in [0.25, 0.3) is 0 Å². The van der Waals surface area contributed by atoms with Crippen LogP contribution in [0.25, 0.3) is 22.6 Å². The fourth-order valence-corrected chi connectivity index (χ4v) is 3.16. The highest BCUT2D eigenvalue weighted by Gasteiger charge is 2.28. The molecule has 1 aromatic carbocycles. The maximum absolute atomic E-state index is 12.8. The van der Waals surface area contributed by atoms with Crippen LogP contribution in [0, 0.1) is 0 Å². The molecular weight excluding hydrogens is 376 g/mol. The standard InChI is InChI=1S/C20H22N4O5/c1-5-24(6-2)12-7-8-13-14(9-12)29-20-16(22-11(4)26)18(27)15(21-10(3)25)19(28)17(20)23-13/h7-9,28H,5-6H2,1-4H3,(H,21,25)(H,22,26). The molecule has 1 heterocycles. The van der Waals surface area contributed by atoms with Crippen molar-refractivity contribution in [3.05, 3.63) is 28.4 Å². The number of aromatic hydroxyl groups is 1. The number of amides is 2. The summed E-state index contributed by atoms with van der Waals surface area (Å²) in [6.07, 6.45) is 0. The molecule has 0 saturated carbocycles. The first kappa shape index (κ1) is 20.1. The molecule has 0 aromatic heterocycles. The second-order valence-corrected chi connectivity index (χ2v) is 6.51. The second kappa shape index (κ2) is 7.78. The minimum Gasteiger partial charge on any atom is -0.504 e. The molecule has 3 rings (SSSR count). The highest BCUT2D eigenvalue weighted by atomic mass is 16.3. The van der Waals surface area contributed by atoms with Crippen LogP contribution in [0.5, 0.6) is 5.75 Å². The van der Waals surface area contributed by atoms with Gasteiger partial charge in [0, 0.05) is 38.7 Å². The predicted molar refractivity (Wildman–Crippen MR) is 111 cm³/mol. The van der Waals surface area contributed by atoms with Crippen LogP contribution in [0.1, 0.15) is 27.7 Å². The highest BCUT2D eigenvalue weighted by Crippen LogP contribution is 2.40. The van der Waals surface area contributed by atoms with Crippen molar-refractivity contribution in [1.29, 1.82) is 0 Å². The fraction of sp³-hybridized carbons (Fsp3) is 0.300. The third-order valence-electron chi connectivity index (χ3n) is 4.48. The highest BCUT2D eigenvalue weighted by molar-refractivity contribution is 6.00. The van der Waals surface area contributed by atoms with Gasteiger partial charge in [-0.05, 0) is 26.0 Å². The zero-order valence-electron chi connectivity index (χ0n) is 16.6. The molecule has 0 radical (unpaired) electrons. The number of anilines is 3. The molecule has 1 aliphatic carbocycles. The van der Waals surface area contributed by atoms with E-state index in [-0.39, 0.29) is 22.8 Å². The van der Waals surface area contributed by atoms with Crippen LogP contribution in [-0.4, -0.2) is 35.0 Å². The molecule has 2 amide bonds. The Labute approximate surface area is 166 Å². The summed E-state index contributed by atoms with van der Waals surface area (Å²) in [5.41, 5.74) is 0.372. The number of hydrogen-bond donors (Lipinski definition) is 3. The van der Waals surface area contributed by atoms with Gasteiger partial charge in [-0.1, -0.05) is 0 Å². The van der Waals surface area contributed by atoms with Crippen LogP contribution in [0.3, 0.4) is 0 Å². The van der Waals surface area contributed by atoms with E-state index in [1.54, 1.807) is 12.1 Å². The topological polar surface area (TPSA) is 125 Å². The molecule has 2 aliphatic rings. The van der Waals surface area contributed by atoms with Crippen molar-refractivity contribution in [2.75, 3.05) is 28.6 Å². The summed E-state index contributed by atoms with van der Waals surface area (Å²) in [7, 11) is 0. The van der Waals surface area contributed by atoms with Crippen LogP contribution in [0.4, 0.5) is 17.1 Å². The first-order chi connectivity index (χ1) is 13.8. The average molecular weight is 398 g/mol. The van der Waals surface area contributed by atoms with Crippen LogP contribution >= 0.6 is 0 Å². The lowest BCUT2D eigenvalue weighted by Gasteiger charge is -2.21. The monoisotopic (exact) mass is 398 g/mol. The SMILES string of the molecule is CCN(CC)c1ccc2nc3c(O)c(NC(C)=O)c(=O)c(NC(C)=O)c-3oc2c1. The summed E-state index contributed by atoms with van der Waals surface area (Å²) in [5.74, 6) is -1.64. The molecule has 1 aromatic rings. The van der Waals surface area contributed by atoms with E-state index < -0.39 is 23.0 Å². The van der Waals surface area contributed by atoms with E-state index in [1.807, 2.05) is 19.9 Å². The minimum atomic E-state index is -0.773. The molecule has 1 aliphatic heterocycles. The van der Waals surface area contributed by atoms with Gasteiger partial charge < -0.3 is 25.1 Å². The van der Waals surface area contributed by atoms with Crippen molar-refractivity contribution in [2.24, 2.45) is 0 Å². The Morgan fingerprint density at radius 2 is 1.72 bits per heavy atom. The number of aromatic nitrogens is 1. The molecule has 0 bridgehead atoms. The molecule has 0 fully saturated rings. The summed E-state index contributed by atoms with van der Waals surface area (Å²) < 4.78 is 5.90. The van der Waals surface area contributed by atoms with Crippen molar-refractivity contribution in [3.63, 3.8) is 0 Å². The number of hydrogen-bond acceptors (Lipinski definition) is 7. The zero-order valence-corrected chi connectivity index (χ0v) is 16.6. The minimum absolute atomic E-state index is 0.0415. The Bertz CT molecular complexity index is 1130. The van der Waals surface area contributed by atoms with Crippen molar-refractivity contribution in [3.8, 4) is 17.2 Å². The molecule has 0 unspecified atom stereocenters. The quantitative estimate of drug-likeness (QED) is 0.343. The molecule has 3 N–H and O–H groups in total. The molecule has 29 heavy (non-hydrogen) atoms. The predicted octanol–water partition coefficient (Wildman–Crippen LogP) is 2.76. The van der Waals surface area contributed by atoms with Crippen LogP contribution in [0.15, 0.2) is 27.4 Å². The van der Waals surface area contributed by atoms with Crippen molar-refractivity contribution in [1.82, 2.24) is 4.98 Å². The number of fused-ring (bicyclic) bond motifs is 2. The summed E-state index contributed by atoms with van der Waals surface area (Å²) in [6.45, 7) is 8.10. The van der Waals surface area contributed by atoms with Gasteiger partial charge in [-0.2, -0.15) is 0 Å². The van der Waals surface area contributed by atoms with Gasteiger partial charge in [0.1, 0.15) is 16.9 Å². The first-order valence-electron chi connectivity index (χ1n) is 9.20. The normalized spacial score (nSPS) is 10.9. The number of phenols is 1. The van der Waals surface area contributed by atoms with Crippen LogP contribution in [0.2, 0.25) is 0 Å². The molecule has 9 heteroatoms. The van der Waals surface area contributed by atoms with E-state index in [2.05, 4.69) is 20.5 Å². The van der Waals surface area contributed by atoms with Gasteiger partial charge in [0.05, 0.1) is 0 Å². The van der Waals surface area contributed by atoms with Crippen LogP contribution < -0.4 is 21.0 Å². The number of rotatable bonds is 5. The van der Waals surface area contributed by atoms with E-state index in [0.29, 0.717) is 11.1 Å². The summed E-state index contributed by atoms with van der Waals surface area (Å²) in [4.78, 5) is 42.4. The maximum atomic E-state index is 12.8. The molecule has 0 spiro atoms. The maximum Gasteiger partial charge on any atom is 0.233 e. The van der Waals surface area contributed by atoms with Gasteiger partial charge in [-0.15, -0.1) is 0 Å². The van der Waals surface area contributed by atoms with Gasteiger partial charge in [-0.25, -0.2) is 4.98 Å². The molecule has 152 valence electrons. The van der Waals surface area contributed by atoms with Gasteiger partial charge in [0.15, 0.2) is 22.8 Å². The lowest BCUT2D eigenvalue weighted by Crippen LogP contribution is -2.22. The Kier molecular flexibility index (Phi) is 5.40. The lowest BCUT2D eigenvalue weighted by atomic mass is 10.1. The number of benzene rings is 2. The smallest absolute Gasteiger partial charge is 0.233 e. The zero-order chi connectivity index (χ0) is 21.3. The number of carbonyl (C=O) groups is 2. The number of phenolic OH excluding ortho intramolecular Hbond substituents is 1. The number of nitrogens with one attached hydrogen (secondary N) is 2. The Hall–Kier alpha value is -3.62. The second-order valence-electron chi connectivity index (χ2n) is 6.51. The Morgan fingerprint density at radius 1 is 1.10 bits per heavy atom. The number of carbonyl (C=O) groups excluding carboxylic acids is 2. The van der Waals surface area contributed by atoms with Crippen molar-refractivity contribution < 1.29 is 19.1 Å². The average Bonchev–Trinajstić information content (AvgIpc) is 2.68. The van der Waals surface area contributed by atoms with Gasteiger partial charge in [0.2, 0.25) is 17.2 Å². The van der Waals surface area contributed by atoms with Crippen molar-refractivity contribution >= 4 is 40.0 Å². The number of nitrogens with zero attached hydrogens (tertiary/aromatic N) is 2. The largest absolute Gasteiger partial charge is 0.504 e. The lowest BCUT2D eigenvalue weighted by molar-refractivity contribution is -0.115. The first-order valence-corrected chi connectivity index (χ1v) is 9.20. The molecule has 0 atom stereocenters. The van der Waals surface area contributed by atoms with E-state index in [1.165, 1.54) is 13.8 Å². The van der Waals surface area contributed by atoms with Crippen molar-refractivity contribution in [2.45, 2.75) is 27.7 Å². The van der Waals surface area contributed by atoms with Crippen LogP contribution in [-0.2, 0) is 9.59 Å². The van der Waals surface area contributed by atoms with E-state index in [4.69, 9.17) is 4.42 Å². The van der Waals surface area contributed by atoms with Gasteiger partial charge in [-0.3, -0.25) is 14.4 Å². The molecule has 0 saturated heterocycles. The van der Waals surface area contributed by atoms with E-state index >= 15 is 0 Å². The molecular formula is C20H22N4O5. The van der Waals surface area contributed by atoms with E-state index in [0.717, 1.165) is 18.8 Å². The summed E-state index contributed by atoms with van der Waals surface area (Å²) in [5, 5.41) is 15.3. The third kappa shape index (κ3) is 3.71. The van der Waals surface area contributed by atoms with E-state index in [9.17, 15) is 19.5 Å². The Morgan fingerprint density at radius 3 is 2.31 bits per heavy atom. The molecule has 9 nitrogen and oxygen atoms in total. The third-order valence-corrected chi connectivity index (χ3v) is 4.48. The Balaban J connectivity index is 2.35. The summed E-state index contributed by atoms with van der Waals surface area (Å²) in [6, 6.07) is 5.41. The fourth-order valence-electron chi connectivity index (χ4n) is 3.16.